The summed E-state index contributed by atoms with van der Waals surface area (Å²) in [7, 11) is 3.12. The van der Waals surface area contributed by atoms with Crippen molar-refractivity contribution in [1.82, 2.24) is 14.5 Å². The summed E-state index contributed by atoms with van der Waals surface area (Å²) in [6.45, 7) is 0. The molecule has 3 heterocycles. The van der Waals surface area contributed by atoms with Gasteiger partial charge in [-0.1, -0.05) is 0 Å². The molecule has 0 aromatic carbocycles. The Morgan fingerprint density at radius 2 is 2.05 bits per heavy atom. The van der Waals surface area contributed by atoms with Crippen molar-refractivity contribution in [2.24, 2.45) is 14.1 Å². The Morgan fingerprint density at radius 3 is 2.74 bits per heavy atom. The lowest BCUT2D eigenvalue weighted by Crippen LogP contribution is -2.43. The van der Waals surface area contributed by atoms with Gasteiger partial charge >= 0.3 is 5.69 Å². The molecular weight excluding hydrogens is 246 g/mol. The lowest BCUT2D eigenvalue weighted by molar-refractivity contribution is 0.461. The van der Waals surface area contributed by atoms with Gasteiger partial charge in [0.2, 0.25) is 0 Å². The molecule has 0 amide bonds. The van der Waals surface area contributed by atoms with Crippen molar-refractivity contribution in [3.05, 3.63) is 62.5 Å². The molecule has 0 bridgehead atoms. The molecule has 1 N–H and O–H groups in total. The Hall–Kier alpha value is -2.50. The number of fused-ring (bicyclic) bond motifs is 1. The zero-order chi connectivity index (χ0) is 13.6. The van der Waals surface area contributed by atoms with Gasteiger partial charge in [-0.25, -0.2) is 4.79 Å². The van der Waals surface area contributed by atoms with Gasteiger partial charge in [0.1, 0.15) is 11.8 Å². The van der Waals surface area contributed by atoms with Crippen molar-refractivity contribution in [2.75, 3.05) is 0 Å². The number of nitrogens with one attached hydrogen (secondary N) is 1. The second-order valence-corrected chi connectivity index (χ2v) is 4.45. The summed E-state index contributed by atoms with van der Waals surface area (Å²) in [5.74, 6) is 0.640. The summed E-state index contributed by atoms with van der Waals surface area (Å²) in [6, 6.07) is 3.19. The standard InChI is InChI=1S/C13H13N3O3/c1-15-8-5-6-14-11(9-4-3-7-19-9)10(8)12(17)16(2)13(15)18/h3-7,11,14H,1-2H3. The summed E-state index contributed by atoms with van der Waals surface area (Å²) in [5.41, 5.74) is 0.472. The monoisotopic (exact) mass is 259 g/mol. The maximum atomic E-state index is 12.3. The van der Waals surface area contributed by atoms with Crippen LogP contribution in [-0.4, -0.2) is 9.13 Å². The molecule has 2 aromatic rings. The minimum atomic E-state index is -0.375. The van der Waals surface area contributed by atoms with E-state index in [-0.39, 0.29) is 17.3 Å². The maximum absolute atomic E-state index is 12.3. The molecule has 0 saturated heterocycles. The Morgan fingerprint density at radius 1 is 1.26 bits per heavy atom. The fraction of sp³-hybridized carbons (Fsp3) is 0.231. The molecular formula is C13H13N3O3. The first kappa shape index (κ1) is 11.6. The Labute approximate surface area is 108 Å². The van der Waals surface area contributed by atoms with Crippen LogP contribution >= 0.6 is 0 Å². The van der Waals surface area contributed by atoms with E-state index in [0.717, 1.165) is 4.57 Å². The van der Waals surface area contributed by atoms with Crippen molar-refractivity contribution < 1.29 is 4.42 Å². The highest BCUT2D eigenvalue weighted by Crippen LogP contribution is 2.25. The molecule has 2 aromatic heterocycles. The second kappa shape index (κ2) is 4.01. The predicted octanol–water partition coefficient (Wildman–Crippen LogP) is 0.340. The van der Waals surface area contributed by atoms with Crippen LogP contribution in [0.3, 0.4) is 0 Å². The van der Waals surface area contributed by atoms with Gasteiger partial charge in [0.15, 0.2) is 0 Å². The third kappa shape index (κ3) is 1.56. The van der Waals surface area contributed by atoms with Crippen molar-refractivity contribution in [1.29, 1.82) is 0 Å². The van der Waals surface area contributed by atoms with Crippen LogP contribution in [0.5, 0.6) is 0 Å². The topological polar surface area (TPSA) is 69.2 Å². The molecule has 0 radical (unpaired) electrons. The highest BCUT2D eigenvalue weighted by Gasteiger charge is 2.27. The maximum Gasteiger partial charge on any atom is 0.330 e. The molecule has 3 rings (SSSR count). The van der Waals surface area contributed by atoms with Crippen LogP contribution in [0.25, 0.3) is 6.08 Å². The quantitative estimate of drug-likeness (QED) is 0.802. The lowest BCUT2D eigenvalue weighted by atomic mass is 10.0. The van der Waals surface area contributed by atoms with Gasteiger partial charge in [-0.15, -0.1) is 0 Å². The molecule has 1 atom stereocenters. The number of hydrogen-bond acceptors (Lipinski definition) is 4. The Balaban J connectivity index is 2.35. The molecule has 0 fully saturated rings. The normalized spacial score (nSPS) is 17.1. The van der Waals surface area contributed by atoms with E-state index >= 15 is 0 Å². The van der Waals surface area contributed by atoms with Gasteiger partial charge in [0.25, 0.3) is 5.56 Å². The highest BCUT2D eigenvalue weighted by atomic mass is 16.3. The first-order valence-electron chi connectivity index (χ1n) is 5.87. The molecule has 6 heteroatoms. The van der Waals surface area contributed by atoms with Gasteiger partial charge in [-0.2, -0.15) is 0 Å². The van der Waals surface area contributed by atoms with E-state index in [0.29, 0.717) is 17.0 Å². The summed E-state index contributed by atoms with van der Waals surface area (Å²) in [4.78, 5) is 24.2. The van der Waals surface area contributed by atoms with Gasteiger partial charge in [0.05, 0.1) is 17.5 Å². The van der Waals surface area contributed by atoms with Crippen molar-refractivity contribution >= 4 is 6.08 Å². The summed E-state index contributed by atoms with van der Waals surface area (Å²) in [5, 5.41) is 3.09. The molecule has 0 spiro atoms. The smallest absolute Gasteiger partial charge is 0.330 e. The van der Waals surface area contributed by atoms with Gasteiger partial charge in [-0.3, -0.25) is 13.9 Å². The van der Waals surface area contributed by atoms with Crippen LogP contribution in [0.2, 0.25) is 0 Å². The number of furan rings is 1. The molecule has 6 nitrogen and oxygen atoms in total. The summed E-state index contributed by atoms with van der Waals surface area (Å²) in [6.07, 6.45) is 4.99. The average molecular weight is 259 g/mol. The van der Waals surface area contributed by atoms with Crippen molar-refractivity contribution in [2.45, 2.75) is 6.04 Å². The van der Waals surface area contributed by atoms with E-state index in [9.17, 15) is 9.59 Å². The average Bonchev–Trinajstić information content (AvgIpc) is 2.96. The van der Waals surface area contributed by atoms with Crippen LogP contribution in [0.15, 0.2) is 38.6 Å². The molecule has 0 saturated carbocycles. The first-order chi connectivity index (χ1) is 9.11. The van der Waals surface area contributed by atoms with E-state index in [4.69, 9.17) is 4.42 Å². The largest absolute Gasteiger partial charge is 0.467 e. The molecule has 98 valence electrons. The van der Waals surface area contributed by atoms with E-state index in [1.807, 2.05) is 0 Å². The highest BCUT2D eigenvalue weighted by molar-refractivity contribution is 5.54. The third-order valence-corrected chi connectivity index (χ3v) is 3.37. The Bertz CT molecular complexity index is 766. The fourth-order valence-electron chi connectivity index (χ4n) is 2.35. The fourth-order valence-corrected chi connectivity index (χ4v) is 2.35. The molecule has 1 aliphatic rings. The minimum Gasteiger partial charge on any atom is -0.467 e. The second-order valence-electron chi connectivity index (χ2n) is 4.45. The third-order valence-electron chi connectivity index (χ3n) is 3.37. The number of rotatable bonds is 1. The molecule has 1 unspecified atom stereocenters. The SMILES string of the molecule is Cn1c2c(c(=O)n(C)c1=O)C(c1ccco1)NC=C2. The predicted molar refractivity (Wildman–Crippen MR) is 69.6 cm³/mol. The van der Waals surface area contributed by atoms with Gasteiger partial charge in [-0.05, 0) is 24.4 Å². The van der Waals surface area contributed by atoms with Gasteiger partial charge < -0.3 is 9.73 Å². The van der Waals surface area contributed by atoms with E-state index < -0.39 is 0 Å². The zero-order valence-corrected chi connectivity index (χ0v) is 10.6. The van der Waals surface area contributed by atoms with Crippen LogP contribution < -0.4 is 16.6 Å². The van der Waals surface area contributed by atoms with Crippen molar-refractivity contribution in [3.63, 3.8) is 0 Å². The first-order valence-corrected chi connectivity index (χ1v) is 5.87. The van der Waals surface area contributed by atoms with Crippen LogP contribution in [0, 0.1) is 0 Å². The van der Waals surface area contributed by atoms with Crippen LogP contribution in [0.1, 0.15) is 23.1 Å². The summed E-state index contributed by atoms with van der Waals surface area (Å²) >= 11 is 0. The molecule has 19 heavy (non-hydrogen) atoms. The molecule has 1 aliphatic heterocycles. The van der Waals surface area contributed by atoms with E-state index in [2.05, 4.69) is 5.32 Å². The van der Waals surface area contributed by atoms with Crippen LogP contribution in [0.4, 0.5) is 0 Å². The zero-order valence-electron chi connectivity index (χ0n) is 10.6. The van der Waals surface area contributed by atoms with Crippen molar-refractivity contribution in [3.8, 4) is 0 Å². The lowest BCUT2D eigenvalue weighted by Gasteiger charge is -2.23. The molecule has 0 aliphatic carbocycles. The van der Waals surface area contributed by atoms with E-state index in [1.54, 1.807) is 37.7 Å². The number of aromatic nitrogens is 2. The number of hydrogen-bond donors (Lipinski definition) is 1. The Kier molecular flexibility index (Phi) is 2.45. The van der Waals surface area contributed by atoms with Gasteiger partial charge in [0, 0.05) is 14.1 Å². The van der Waals surface area contributed by atoms with E-state index in [1.165, 1.54) is 11.6 Å². The van der Waals surface area contributed by atoms with Crippen LogP contribution in [-0.2, 0) is 14.1 Å². The minimum absolute atomic E-state index is 0.309. The summed E-state index contributed by atoms with van der Waals surface area (Å²) < 4.78 is 7.93. The number of nitrogens with zero attached hydrogens (tertiary/aromatic N) is 2.